The van der Waals surface area contributed by atoms with Crippen molar-refractivity contribution >= 4 is 26.8 Å². The molecule has 0 saturated carbocycles. The number of rotatable bonds is 3. The van der Waals surface area contributed by atoms with Crippen LogP contribution in [0.15, 0.2) is 47.1 Å². The summed E-state index contributed by atoms with van der Waals surface area (Å²) in [5.41, 5.74) is 2.53. The third kappa shape index (κ3) is 2.15. The molecule has 0 saturated heterocycles. The van der Waals surface area contributed by atoms with Gasteiger partial charge in [0.25, 0.3) is 0 Å². The van der Waals surface area contributed by atoms with Crippen molar-refractivity contribution in [3.05, 3.63) is 47.1 Å². The van der Waals surface area contributed by atoms with Gasteiger partial charge >= 0.3 is 0 Å². The molecule has 0 aliphatic rings. The van der Waals surface area contributed by atoms with E-state index in [1.165, 1.54) is 16.5 Å². The van der Waals surface area contributed by atoms with E-state index in [1.807, 2.05) is 0 Å². The van der Waals surface area contributed by atoms with Gasteiger partial charge in [0.2, 0.25) is 0 Å². The monoisotopic (exact) mass is 263 g/mol. The van der Waals surface area contributed by atoms with Crippen LogP contribution in [0.25, 0.3) is 10.9 Å². The number of allylic oxidation sites excluding steroid dienone is 1. The van der Waals surface area contributed by atoms with Gasteiger partial charge in [-0.05, 0) is 30.7 Å². The summed E-state index contributed by atoms with van der Waals surface area (Å²) in [4.78, 5) is 0. The van der Waals surface area contributed by atoms with Gasteiger partial charge in [-0.2, -0.15) is 0 Å². The molecule has 1 aromatic heterocycles. The summed E-state index contributed by atoms with van der Waals surface area (Å²) in [6, 6.07) is 8.50. The number of benzene rings is 1. The third-order valence-corrected chi connectivity index (χ3v) is 3.12. The summed E-state index contributed by atoms with van der Waals surface area (Å²) < 4.78 is 3.37. The molecule has 0 radical (unpaired) electrons. The smallest absolute Gasteiger partial charge is 0.0484 e. The molecule has 0 amide bonds. The Labute approximate surface area is 98.5 Å². The van der Waals surface area contributed by atoms with Crippen molar-refractivity contribution in [3.63, 3.8) is 0 Å². The lowest BCUT2D eigenvalue weighted by Gasteiger charge is -2.06. The van der Waals surface area contributed by atoms with Gasteiger partial charge in [0.15, 0.2) is 0 Å². The van der Waals surface area contributed by atoms with Crippen molar-refractivity contribution in [2.45, 2.75) is 19.9 Å². The second-order valence-corrected chi connectivity index (χ2v) is 4.67. The number of aromatic nitrogens is 1. The van der Waals surface area contributed by atoms with Crippen LogP contribution in [-0.2, 0) is 6.54 Å². The van der Waals surface area contributed by atoms with Crippen molar-refractivity contribution in [1.29, 1.82) is 0 Å². The molecule has 78 valence electrons. The Morgan fingerprint density at radius 3 is 2.93 bits per heavy atom. The molecular weight excluding hydrogens is 250 g/mol. The molecule has 0 bridgehead atoms. The number of hydrogen-bond acceptors (Lipinski definition) is 0. The summed E-state index contributed by atoms with van der Waals surface area (Å²) in [6.07, 6.45) is 3.16. The standard InChI is InChI=1S/C13H14BrN/c1-3-10(2)9-15-7-6-11-8-12(14)4-5-13(11)15/h4-8H,2-3,9H2,1H3. The van der Waals surface area contributed by atoms with E-state index in [2.05, 4.69) is 64.5 Å². The highest BCUT2D eigenvalue weighted by atomic mass is 79.9. The van der Waals surface area contributed by atoms with Crippen LogP contribution in [0.2, 0.25) is 0 Å². The van der Waals surface area contributed by atoms with Gasteiger partial charge in [-0.15, -0.1) is 0 Å². The van der Waals surface area contributed by atoms with Crippen LogP contribution >= 0.6 is 15.9 Å². The maximum absolute atomic E-state index is 4.04. The second-order valence-electron chi connectivity index (χ2n) is 3.75. The molecule has 0 aliphatic heterocycles. The Kier molecular flexibility index (Phi) is 2.96. The predicted octanol–water partition coefficient (Wildman–Crippen LogP) is 4.37. The summed E-state index contributed by atoms with van der Waals surface area (Å²) in [5.74, 6) is 0. The van der Waals surface area contributed by atoms with Crippen molar-refractivity contribution in [2.24, 2.45) is 0 Å². The summed E-state index contributed by atoms with van der Waals surface area (Å²) in [6.45, 7) is 7.10. The molecule has 1 nitrogen and oxygen atoms in total. The van der Waals surface area contributed by atoms with Crippen LogP contribution < -0.4 is 0 Å². The minimum absolute atomic E-state index is 0.918. The number of hydrogen-bond donors (Lipinski definition) is 0. The number of halogens is 1. The Morgan fingerprint density at radius 2 is 2.20 bits per heavy atom. The van der Waals surface area contributed by atoms with E-state index in [9.17, 15) is 0 Å². The average Bonchev–Trinajstić information content (AvgIpc) is 2.60. The van der Waals surface area contributed by atoms with Gasteiger partial charge in [0, 0.05) is 28.1 Å². The molecular formula is C13H14BrN. The van der Waals surface area contributed by atoms with Gasteiger partial charge in [-0.1, -0.05) is 35.0 Å². The van der Waals surface area contributed by atoms with Crippen LogP contribution in [0.3, 0.4) is 0 Å². The zero-order valence-electron chi connectivity index (χ0n) is 8.83. The van der Waals surface area contributed by atoms with Gasteiger partial charge in [-0.25, -0.2) is 0 Å². The molecule has 1 heterocycles. The Bertz CT molecular complexity index is 496. The molecule has 0 fully saturated rings. The highest BCUT2D eigenvalue weighted by molar-refractivity contribution is 9.10. The molecule has 0 atom stereocenters. The molecule has 0 aliphatic carbocycles. The van der Waals surface area contributed by atoms with E-state index in [-0.39, 0.29) is 0 Å². The lowest BCUT2D eigenvalue weighted by atomic mass is 10.2. The van der Waals surface area contributed by atoms with Crippen molar-refractivity contribution < 1.29 is 0 Å². The molecule has 1 aromatic carbocycles. The number of fused-ring (bicyclic) bond motifs is 1. The topological polar surface area (TPSA) is 4.93 Å². The third-order valence-electron chi connectivity index (χ3n) is 2.63. The average molecular weight is 264 g/mol. The van der Waals surface area contributed by atoms with E-state index in [0.717, 1.165) is 17.4 Å². The minimum Gasteiger partial charge on any atom is -0.343 e. The van der Waals surface area contributed by atoms with Gasteiger partial charge in [0.1, 0.15) is 0 Å². The van der Waals surface area contributed by atoms with E-state index in [1.54, 1.807) is 0 Å². The van der Waals surface area contributed by atoms with Crippen molar-refractivity contribution in [2.75, 3.05) is 0 Å². The van der Waals surface area contributed by atoms with Gasteiger partial charge in [-0.3, -0.25) is 0 Å². The molecule has 15 heavy (non-hydrogen) atoms. The first-order valence-corrected chi connectivity index (χ1v) is 5.91. The molecule has 2 heteroatoms. The molecule has 0 spiro atoms. The quantitative estimate of drug-likeness (QED) is 0.725. The summed E-state index contributed by atoms with van der Waals surface area (Å²) >= 11 is 3.48. The SMILES string of the molecule is C=C(CC)Cn1ccc2cc(Br)ccc21. The van der Waals surface area contributed by atoms with Crippen LogP contribution in [0.1, 0.15) is 13.3 Å². The van der Waals surface area contributed by atoms with E-state index < -0.39 is 0 Å². The predicted molar refractivity (Wildman–Crippen MR) is 69.1 cm³/mol. The number of nitrogens with zero attached hydrogens (tertiary/aromatic N) is 1. The molecule has 0 unspecified atom stereocenters. The van der Waals surface area contributed by atoms with Crippen LogP contribution in [0.4, 0.5) is 0 Å². The first kappa shape index (κ1) is 10.5. The minimum atomic E-state index is 0.918. The maximum Gasteiger partial charge on any atom is 0.0484 e. The van der Waals surface area contributed by atoms with E-state index >= 15 is 0 Å². The summed E-state index contributed by atoms with van der Waals surface area (Å²) in [7, 11) is 0. The van der Waals surface area contributed by atoms with Crippen LogP contribution in [0, 0.1) is 0 Å². The zero-order chi connectivity index (χ0) is 10.8. The summed E-state index contributed by atoms with van der Waals surface area (Å²) in [5, 5.41) is 1.27. The van der Waals surface area contributed by atoms with Gasteiger partial charge in [0.05, 0.1) is 0 Å². The molecule has 0 N–H and O–H groups in total. The second kappa shape index (κ2) is 4.23. The Morgan fingerprint density at radius 1 is 1.40 bits per heavy atom. The zero-order valence-corrected chi connectivity index (χ0v) is 10.4. The largest absolute Gasteiger partial charge is 0.343 e. The van der Waals surface area contributed by atoms with Crippen molar-refractivity contribution in [3.8, 4) is 0 Å². The maximum atomic E-state index is 4.04. The van der Waals surface area contributed by atoms with Crippen LogP contribution in [0.5, 0.6) is 0 Å². The lowest BCUT2D eigenvalue weighted by Crippen LogP contribution is -1.97. The lowest BCUT2D eigenvalue weighted by molar-refractivity contribution is 0.790. The highest BCUT2D eigenvalue weighted by Crippen LogP contribution is 2.21. The fraction of sp³-hybridized carbons (Fsp3) is 0.231. The first-order valence-electron chi connectivity index (χ1n) is 5.11. The fourth-order valence-electron chi connectivity index (χ4n) is 1.66. The van der Waals surface area contributed by atoms with E-state index in [4.69, 9.17) is 0 Å². The fourth-order valence-corrected chi connectivity index (χ4v) is 2.04. The van der Waals surface area contributed by atoms with E-state index in [0.29, 0.717) is 0 Å². The van der Waals surface area contributed by atoms with Gasteiger partial charge < -0.3 is 4.57 Å². The Hall–Kier alpha value is -1.02. The normalized spacial score (nSPS) is 10.8. The first-order chi connectivity index (χ1) is 7.20. The molecule has 2 rings (SSSR count). The van der Waals surface area contributed by atoms with Crippen LogP contribution in [-0.4, -0.2) is 4.57 Å². The molecule has 2 aromatic rings. The van der Waals surface area contributed by atoms with Crippen molar-refractivity contribution in [1.82, 2.24) is 4.57 Å². The Balaban J connectivity index is 2.41. The highest BCUT2D eigenvalue weighted by Gasteiger charge is 2.01.